The minimum Gasteiger partial charge on any atom is -0.379 e. The van der Waals surface area contributed by atoms with Crippen molar-refractivity contribution in [2.75, 3.05) is 47.5 Å². The van der Waals surface area contributed by atoms with E-state index in [1.165, 1.54) is 0 Å². The Bertz CT molecular complexity index is 1790. The monoisotopic (exact) mass is 864 g/mol. The molecule has 342 valence electrons. The topological polar surface area (TPSA) is 189 Å². The normalized spacial score (nSPS) is 18.5. The molecule has 8 atom stereocenters. The first-order valence-corrected chi connectivity index (χ1v) is 22.0. The molecule has 6 amide bonds. The van der Waals surface area contributed by atoms with Gasteiger partial charge in [0.05, 0.1) is 60.4 Å². The van der Waals surface area contributed by atoms with Crippen molar-refractivity contribution in [3.8, 4) is 0 Å². The highest BCUT2D eigenvalue weighted by atomic mass is 16.7. The van der Waals surface area contributed by atoms with Crippen LogP contribution in [-0.4, -0.2) is 139 Å². The maximum Gasteiger partial charge on any atom is 0.285 e. The van der Waals surface area contributed by atoms with Crippen LogP contribution < -0.4 is 16.0 Å². The van der Waals surface area contributed by atoms with Gasteiger partial charge in [-0.2, -0.15) is 0 Å². The van der Waals surface area contributed by atoms with E-state index in [1.807, 2.05) is 60.6 Å². The zero-order valence-corrected chi connectivity index (χ0v) is 38.2. The predicted octanol–water partition coefficient (Wildman–Crippen LogP) is 3.64. The molecule has 4 rings (SSSR count). The lowest BCUT2D eigenvalue weighted by atomic mass is 9.89. The second-order valence-corrected chi connectivity index (χ2v) is 17.2. The Labute approximate surface area is 367 Å². The van der Waals surface area contributed by atoms with Crippen molar-refractivity contribution in [3.63, 3.8) is 0 Å². The van der Waals surface area contributed by atoms with Gasteiger partial charge in [-0.25, -0.2) is 0 Å². The molecule has 2 aliphatic heterocycles. The molecule has 0 aliphatic carbocycles. The van der Waals surface area contributed by atoms with Crippen molar-refractivity contribution < 1.29 is 43.1 Å². The second kappa shape index (κ2) is 23.6. The second-order valence-electron chi connectivity index (χ2n) is 17.2. The van der Waals surface area contributed by atoms with Gasteiger partial charge >= 0.3 is 0 Å². The van der Waals surface area contributed by atoms with E-state index in [-0.39, 0.29) is 78.1 Å². The molecule has 0 saturated carbocycles. The number of aromatic nitrogens is 1. The maximum atomic E-state index is 14.5. The Balaban J connectivity index is 1.39. The van der Waals surface area contributed by atoms with Crippen molar-refractivity contribution >= 4 is 35.4 Å². The Morgan fingerprint density at radius 3 is 2.06 bits per heavy atom. The summed E-state index contributed by atoms with van der Waals surface area (Å²) in [5.41, 5.74) is 1.62. The summed E-state index contributed by atoms with van der Waals surface area (Å²) in [6.07, 6.45) is 5.07. The van der Waals surface area contributed by atoms with Gasteiger partial charge in [-0.3, -0.25) is 38.6 Å². The molecule has 1 fully saturated rings. The largest absolute Gasteiger partial charge is 0.379 e. The average Bonchev–Trinajstić information content (AvgIpc) is 3.84. The number of amides is 6. The van der Waals surface area contributed by atoms with E-state index in [0.29, 0.717) is 32.4 Å². The van der Waals surface area contributed by atoms with Crippen LogP contribution in [0, 0.1) is 23.7 Å². The molecule has 0 radical (unpaired) electrons. The predicted molar refractivity (Wildman–Crippen MR) is 233 cm³/mol. The van der Waals surface area contributed by atoms with Crippen LogP contribution in [0.1, 0.15) is 100 Å². The van der Waals surface area contributed by atoms with E-state index in [1.54, 1.807) is 67.7 Å². The zero-order chi connectivity index (χ0) is 45.7. The number of fused-ring (bicyclic) bond motifs is 1. The summed E-state index contributed by atoms with van der Waals surface area (Å²) in [4.78, 5) is 94.3. The number of hydrogen-bond acceptors (Lipinski definition) is 11. The molecule has 16 heteroatoms. The first-order valence-electron chi connectivity index (χ1n) is 22.0. The number of nitrogens with one attached hydrogen (secondary N) is 3. The quantitative estimate of drug-likeness (QED) is 0.103. The summed E-state index contributed by atoms with van der Waals surface area (Å²) in [6.45, 7) is 14.4. The van der Waals surface area contributed by atoms with E-state index < -0.39 is 48.1 Å². The van der Waals surface area contributed by atoms with E-state index in [9.17, 15) is 28.8 Å². The highest BCUT2D eigenvalue weighted by Crippen LogP contribution is 2.30. The van der Waals surface area contributed by atoms with Crippen LogP contribution in [0.15, 0.2) is 48.8 Å². The lowest BCUT2D eigenvalue weighted by molar-refractivity contribution is -0.147. The average molecular weight is 864 g/mol. The summed E-state index contributed by atoms with van der Waals surface area (Å²) < 4.78 is 12.0. The lowest BCUT2D eigenvalue weighted by Gasteiger charge is -2.41. The molecule has 3 heterocycles. The number of pyridine rings is 1. The van der Waals surface area contributed by atoms with Gasteiger partial charge in [-0.05, 0) is 66.8 Å². The summed E-state index contributed by atoms with van der Waals surface area (Å²) in [6, 6.07) is 7.88. The van der Waals surface area contributed by atoms with Crippen molar-refractivity contribution in [2.45, 2.75) is 117 Å². The van der Waals surface area contributed by atoms with Crippen LogP contribution in [0.3, 0.4) is 0 Å². The summed E-state index contributed by atoms with van der Waals surface area (Å²) in [7, 11) is 4.81. The summed E-state index contributed by atoms with van der Waals surface area (Å²) >= 11 is 0. The van der Waals surface area contributed by atoms with E-state index in [4.69, 9.17) is 14.3 Å². The molecule has 0 spiro atoms. The van der Waals surface area contributed by atoms with E-state index in [0.717, 1.165) is 17.0 Å². The minimum atomic E-state index is -0.896. The van der Waals surface area contributed by atoms with Crippen LogP contribution in [0.5, 0.6) is 0 Å². The molecule has 1 aromatic carbocycles. The van der Waals surface area contributed by atoms with Crippen LogP contribution >= 0.6 is 0 Å². The van der Waals surface area contributed by atoms with Crippen LogP contribution in [-0.2, 0) is 39.9 Å². The minimum absolute atomic E-state index is 0.00337. The fraction of sp³-hybridized carbons (Fsp3) is 0.630. The number of imide groups is 1. The number of hydrogen-bond donors (Lipinski definition) is 3. The Kier molecular flexibility index (Phi) is 19.0. The van der Waals surface area contributed by atoms with Gasteiger partial charge in [0.1, 0.15) is 6.04 Å². The number of nitrogens with zero attached hydrogens (tertiary/aromatic N) is 4. The van der Waals surface area contributed by atoms with E-state index >= 15 is 0 Å². The van der Waals surface area contributed by atoms with Crippen molar-refractivity contribution in [1.29, 1.82) is 0 Å². The number of carbonyl (C=O) groups excluding carboxylic acids is 6. The third-order valence-corrected chi connectivity index (χ3v) is 12.3. The van der Waals surface area contributed by atoms with Gasteiger partial charge in [0.25, 0.3) is 11.8 Å². The first-order chi connectivity index (χ1) is 29.6. The summed E-state index contributed by atoms with van der Waals surface area (Å²) in [5.74, 6) is -3.13. The Hall–Kier alpha value is -4.77. The number of benzene rings is 1. The zero-order valence-electron chi connectivity index (χ0n) is 38.2. The molecule has 62 heavy (non-hydrogen) atoms. The standard InChI is InChI=1S/C46H69N7O9/c1-11-30(6)40(36(60-9)27-37(54)52-25-14-17-35(52)41(61-10)31(7)42(55)49-23-20-32-18-21-47-22-19-32)51(8)46(59)39(29(4)5)50-43(56)38(28(2)3)48-24-26-62-53-44(57)33-15-12-13-16-34(33)45(53)58/h12-13,15-16,18-19,21-22,28-31,35-36,38-41,48H,11,14,17,20,23-27H2,1-10H3,(H,49,55)(H,50,56)/t30-,31+,35-,36+,38?,39-,40-,41+/m0/s1. The lowest BCUT2D eigenvalue weighted by Crippen LogP contribution is -2.60. The number of ether oxygens (including phenoxy) is 2. The SMILES string of the molecule is CC[C@H](C)[C@@H]([C@@H](CC(=O)N1CCC[C@H]1[C@H](OC)[C@@H](C)C(=O)NCCc1ccncc1)OC)N(C)C(=O)[C@@H](NC(=O)C(NCCON1C(=O)c2ccccc2C1=O)C(C)C)C(C)C. The van der Waals surface area contributed by atoms with Gasteiger partial charge in [0, 0.05) is 53.3 Å². The first kappa shape index (κ1) is 49.9. The molecule has 2 aliphatic rings. The number of likely N-dealkylation sites (N-methyl/N-ethyl adjacent to an activating group) is 1. The molecule has 0 bridgehead atoms. The van der Waals surface area contributed by atoms with Gasteiger partial charge in [0.15, 0.2) is 0 Å². The summed E-state index contributed by atoms with van der Waals surface area (Å²) in [5, 5.41) is 9.92. The van der Waals surface area contributed by atoms with Gasteiger partial charge < -0.3 is 35.2 Å². The fourth-order valence-corrected chi connectivity index (χ4v) is 8.59. The number of likely N-dealkylation sites (tertiary alicyclic amines) is 1. The molecule has 1 aromatic heterocycles. The van der Waals surface area contributed by atoms with Crippen molar-refractivity contribution in [1.82, 2.24) is 35.8 Å². The van der Waals surface area contributed by atoms with Crippen LogP contribution in [0.25, 0.3) is 0 Å². The Morgan fingerprint density at radius 2 is 1.50 bits per heavy atom. The van der Waals surface area contributed by atoms with E-state index in [2.05, 4.69) is 20.9 Å². The maximum absolute atomic E-state index is 14.5. The highest BCUT2D eigenvalue weighted by molar-refractivity contribution is 6.20. The number of hydroxylamine groups is 2. The van der Waals surface area contributed by atoms with Crippen molar-refractivity contribution in [3.05, 3.63) is 65.5 Å². The fourth-order valence-electron chi connectivity index (χ4n) is 8.59. The third kappa shape index (κ3) is 12.2. The van der Waals surface area contributed by atoms with Crippen molar-refractivity contribution in [2.24, 2.45) is 23.7 Å². The van der Waals surface area contributed by atoms with Gasteiger partial charge in [-0.15, -0.1) is 5.06 Å². The number of carbonyl (C=O) groups is 6. The smallest absolute Gasteiger partial charge is 0.285 e. The molecule has 3 N–H and O–H groups in total. The van der Waals surface area contributed by atoms with Gasteiger partial charge in [-0.1, -0.05) is 67.0 Å². The number of methoxy groups -OCH3 is 2. The molecular formula is C46H69N7O9. The number of rotatable bonds is 24. The molecule has 16 nitrogen and oxygen atoms in total. The third-order valence-electron chi connectivity index (χ3n) is 12.3. The van der Waals surface area contributed by atoms with Crippen LogP contribution in [0.4, 0.5) is 0 Å². The van der Waals surface area contributed by atoms with Crippen LogP contribution in [0.2, 0.25) is 0 Å². The molecule has 1 saturated heterocycles. The molecule has 2 aromatic rings. The highest BCUT2D eigenvalue weighted by Gasteiger charge is 2.43. The Morgan fingerprint density at radius 1 is 0.871 bits per heavy atom. The molecular weight excluding hydrogens is 795 g/mol. The molecule has 1 unspecified atom stereocenters. The van der Waals surface area contributed by atoms with Gasteiger partial charge in [0.2, 0.25) is 23.6 Å².